The maximum Gasteiger partial charge on any atom is 0.320 e. The minimum atomic E-state index is -0.717. The Morgan fingerprint density at radius 3 is 2.36 bits per heavy atom. The molecule has 2 aromatic carbocycles. The van der Waals surface area contributed by atoms with Crippen LogP contribution < -0.4 is 11.1 Å². The van der Waals surface area contributed by atoms with Crippen molar-refractivity contribution in [3.63, 3.8) is 0 Å². The number of benzene rings is 2. The Bertz CT molecular complexity index is 1210. The third-order valence-corrected chi connectivity index (χ3v) is 4.27. The van der Waals surface area contributed by atoms with Gasteiger partial charge >= 0.3 is 11.1 Å². The highest BCUT2D eigenvalue weighted by Crippen LogP contribution is 2.06. The quantitative estimate of drug-likeness (QED) is 0.497. The van der Waals surface area contributed by atoms with Gasteiger partial charge in [-0.25, -0.2) is 9.07 Å². The predicted molar refractivity (Wildman–Crippen MR) is 101 cm³/mol. The van der Waals surface area contributed by atoms with E-state index in [2.05, 4.69) is 10.3 Å². The minimum absolute atomic E-state index is 0.132. The second-order valence-corrected chi connectivity index (χ2v) is 6.28. The number of hydrogen-bond donors (Lipinski definition) is 0. The van der Waals surface area contributed by atoms with Gasteiger partial charge in [0.15, 0.2) is 0 Å². The van der Waals surface area contributed by atoms with Crippen molar-refractivity contribution in [2.45, 2.75) is 13.1 Å². The molecule has 0 fully saturated rings. The van der Waals surface area contributed by atoms with Crippen molar-refractivity contribution in [1.29, 1.82) is 0 Å². The minimum Gasteiger partial charge on any atom is -0.303 e. The summed E-state index contributed by atoms with van der Waals surface area (Å²) in [5, 5.41) is 8.14. The largest absolute Gasteiger partial charge is 0.320 e. The maximum absolute atomic E-state index is 13.1. The zero-order valence-corrected chi connectivity index (χ0v) is 14.8. The topological polar surface area (TPSA) is 74.7 Å². The fraction of sp³-hybridized carbons (Fsp3) is 0.100. The van der Waals surface area contributed by atoms with E-state index in [9.17, 15) is 14.0 Å². The second-order valence-electron chi connectivity index (χ2n) is 6.28. The summed E-state index contributed by atoms with van der Waals surface area (Å²) < 4.78 is 17.2. The van der Waals surface area contributed by atoms with Crippen molar-refractivity contribution in [3.8, 4) is 5.69 Å². The predicted octanol–water partition coefficient (Wildman–Crippen LogP) is 1.83. The molecule has 0 unspecified atom stereocenters. The monoisotopic (exact) mass is 377 g/mol. The Kier molecular flexibility index (Phi) is 4.67. The molecule has 8 heteroatoms. The third kappa shape index (κ3) is 3.66. The van der Waals surface area contributed by atoms with Gasteiger partial charge < -0.3 is 4.57 Å². The highest BCUT2D eigenvalue weighted by molar-refractivity contribution is 5.31. The molecule has 0 saturated carbocycles. The molecule has 0 N–H and O–H groups in total. The van der Waals surface area contributed by atoms with E-state index in [4.69, 9.17) is 0 Å². The molecule has 0 atom stereocenters. The van der Waals surface area contributed by atoms with Gasteiger partial charge in [-0.1, -0.05) is 35.5 Å². The normalized spacial score (nSPS) is 10.9. The molecule has 0 aliphatic carbocycles. The highest BCUT2D eigenvalue weighted by atomic mass is 19.1. The van der Waals surface area contributed by atoms with Gasteiger partial charge in [-0.2, -0.15) is 0 Å². The van der Waals surface area contributed by atoms with E-state index >= 15 is 0 Å². The lowest BCUT2D eigenvalue weighted by atomic mass is 10.2. The summed E-state index contributed by atoms with van der Waals surface area (Å²) in [6.07, 6.45) is 4.72. The smallest absolute Gasteiger partial charge is 0.303 e. The Hall–Kier alpha value is -3.81. The van der Waals surface area contributed by atoms with Crippen molar-refractivity contribution in [1.82, 2.24) is 24.1 Å². The van der Waals surface area contributed by atoms with Crippen LogP contribution >= 0.6 is 0 Å². The number of hydrogen-bond acceptors (Lipinski definition) is 4. The average molecular weight is 377 g/mol. The first-order valence-corrected chi connectivity index (χ1v) is 8.61. The lowest BCUT2D eigenvalue weighted by molar-refractivity contribution is 0.627. The average Bonchev–Trinajstić information content (AvgIpc) is 3.14. The molecule has 0 spiro atoms. The van der Waals surface area contributed by atoms with Gasteiger partial charge in [-0.15, -0.1) is 5.10 Å². The van der Waals surface area contributed by atoms with Crippen molar-refractivity contribution in [2.24, 2.45) is 0 Å². The van der Waals surface area contributed by atoms with Crippen molar-refractivity contribution in [2.75, 3.05) is 0 Å². The summed E-state index contributed by atoms with van der Waals surface area (Å²) in [4.78, 5) is 24.8. The SMILES string of the molecule is O=c1c(=O)n(-c2ccc(F)cc2)ccn1Cc1cn(Cc2ccccc2)nn1. The fourth-order valence-electron chi connectivity index (χ4n) is 2.87. The van der Waals surface area contributed by atoms with E-state index in [0.29, 0.717) is 17.9 Å². The molecular weight excluding hydrogens is 361 g/mol. The summed E-state index contributed by atoms with van der Waals surface area (Å²) in [5.41, 5.74) is 0.662. The van der Waals surface area contributed by atoms with Gasteiger partial charge in [0.1, 0.15) is 11.5 Å². The number of nitrogens with zero attached hydrogens (tertiary/aromatic N) is 5. The van der Waals surface area contributed by atoms with Crippen LogP contribution in [0.25, 0.3) is 5.69 Å². The Balaban J connectivity index is 1.56. The molecule has 28 heavy (non-hydrogen) atoms. The van der Waals surface area contributed by atoms with E-state index in [1.54, 1.807) is 10.9 Å². The third-order valence-electron chi connectivity index (χ3n) is 4.27. The molecule has 2 aromatic heterocycles. The van der Waals surface area contributed by atoms with Gasteiger partial charge in [0.25, 0.3) is 0 Å². The maximum atomic E-state index is 13.1. The van der Waals surface area contributed by atoms with E-state index in [1.807, 2.05) is 30.3 Å². The summed E-state index contributed by atoms with van der Waals surface area (Å²) in [6, 6.07) is 15.2. The number of halogens is 1. The summed E-state index contributed by atoms with van der Waals surface area (Å²) in [7, 11) is 0. The molecule has 140 valence electrons. The molecular formula is C20H16FN5O2. The van der Waals surface area contributed by atoms with Crippen LogP contribution in [0, 0.1) is 5.82 Å². The zero-order valence-electron chi connectivity index (χ0n) is 14.8. The van der Waals surface area contributed by atoms with E-state index in [0.717, 1.165) is 5.56 Å². The van der Waals surface area contributed by atoms with Crippen LogP contribution in [0.3, 0.4) is 0 Å². The summed E-state index contributed by atoms with van der Waals surface area (Å²) >= 11 is 0. The molecule has 2 heterocycles. The number of aromatic nitrogens is 5. The lowest BCUT2D eigenvalue weighted by Crippen LogP contribution is -2.40. The Morgan fingerprint density at radius 2 is 1.61 bits per heavy atom. The molecule has 4 rings (SSSR count). The van der Waals surface area contributed by atoms with Crippen LogP contribution in [-0.2, 0) is 13.1 Å². The van der Waals surface area contributed by atoms with Crippen LogP contribution in [0.4, 0.5) is 4.39 Å². The highest BCUT2D eigenvalue weighted by Gasteiger charge is 2.09. The van der Waals surface area contributed by atoms with E-state index < -0.39 is 16.9 Å². The molecule has 0 bridgehead atoms. The van der Waals surface area contributed by atoms with Crippen LogP contribution in [-0.4, -0.2) is 24.1 Å². The van der Waals surface area contributed by atoms with E-state index in [1.165, 1.54) is 45.8 Å². The van der Waals surface area contributed by atoms with E-state index in [-0.39, 0.29) is 6.54 Å². The van der Waals surface area contributed by atoms with Crippen LogP contribution in [0.2, 0.25) is 0 Å². The molecule has 0 saturated heterocycles. The van der Waals surface area contributed by atoms with Gasteiger partial charge in [0.05, 0.1) is 19.3 Å². The van der Waals surface area contributed by atoms with Crippen molar-refractivity contribution < 1.29 is 4.39 Å². The molecule has 0 aliphatic heterocycles. The molecule has 0 amide bonds. The first-order valence-electron chi connectivity index (χ1n) is 8.61. The first kappa shape index (κ1) is 17.6. The molecule has 0 radical (unpaired) electrons. The van der Waals surface area contributed by atoms with Gasteiger partial charge in [-0.05, 0) is 29.8 Å². The number of rotatable bonds is 5. The van der Waals surface area contributed by atoms with Crippen molar-refractivity contribution in [3.05, 3.63) is 111 Å². The van der Waals surface area contributed by atoms with Crippen LogP contribution in [0.1, 0.15) is 11.3 Å². The molecule has 7 nitrogen and oxygen atoms in total. The Labute approximate surface area is 158 Å². The second kappa shape index (κ2) is 7.43. The summed E-state index contributed by atoms with van der Waals surface area (Å²) in [5.74, 6) is -0.413. The molecule has 0 aliphatic rings. The van der Waals surface area contributed by atoms with Crippen LogP contribution in [0.5, 0.6) is 0 Å². The Morgan fingerprint density at radius 1 is 0.857 bits per heavy atom. The van der Waals surface area contributed by atoms with Gasteiger partial charge in [-0.3, -0.25) is 14.2 Å². The molecule has 4 aromatic rings. The zero-order chi connectivity index (χ0) is 19.5. The standard InChI is InChI=1S/C20H16FN5O2/c21-16-6-8-18(9-7-16)26-11-10-24(19(27)20(26)28)13-17-14-25(23-22-17)12-15-4-2-1-3-5-15/h1-11,14H,12-13H2. The van der Waals surface area contributed by atoms with Crippen molar-refractivity contribution >= 4 is 0 Å². The lowest BCUT2D eigenvalue weighted by Gasteiger charge is -2.07. The fourth-order valence-corrected chi connectivity index (χ4v) is 2.87. The first-order chi connectivity index (χ1) is 13.6. The van der Waals surface area contributed by atoms with Gasteiger partial charge in [0, 0.05) is 18.1 Å². The summed E-state index contributed by atoms with van der Waals surface area (Å²) in [6.45, 7) is 0.696. The van der Waals surface area contributed by atoms with Gasteiger partial charge in [0.2, 0.25) is 0 Å². The van der Waals surface area contributed by atoms with Crippen LogP contribution in [0.15, 0.2) is 82.8 Å².